The van der Waals surface area contributed by atoms with Gasteiger partial charge in [-0.3, -0.25) is 4.74 Å². The van der Waals surface area contributed by atoms with E-state index >= 15 is 0 Å². The minimum absolute atomic E-state index is 0.525. The van der Waals surface area contributed by atoms with Crippen LogP contribution in [-0.4, -0.2) is 47.1 Å². The number of ether oxygens (including phenoxy) is 2. The summed E-state index contributed by atoms with van der Waals surface area (Å²) in [6.45, 7) is -2.08. The Balaban J connectivity index is 3.33. The van der Waals surface area contributed by atoms with Gasteiger partial charge in [0.15, 0.2) is 6.79 Å². The molecule has 2 unspecified atom stereocenters. The van der Waals surface area contributed by atoms with Gasteiger partial charge in [-0.2, -0.15) is 22.0 Å². The van der Waals surface area contributed by atoms with E-state index in [4.69, 9.17) is 10.2 Å². The predicted octanol–water partition coefficient (Wildman–Crippen LogP) is 0.628. The number of hydrogen-bond acceptors (Lipinski definition) is 4. The maximum absolute atomic E-state index is 13.0. The molecule has 0 aromatic heterocycles. The van der Waals surface area contributed by atoms with E-state index in [2.05, 4.69) is 9.47 Å². The molecule has 0 aliphatic carbocycles. The van der Waals surface area contributed by atoms with Crippen LogP contribution in [0, 0.1) is 0 Å². The molecule has 0 amide bonds. The summed E-state index contributed by atoms with van der Waals surface area (Å²) in [5, 5.41) is 17.9. The highest BCUT2D eigenvalue weighted by atomic mass is 19.4. The number of rotatable bonds is 1. The molecule has 0 saturated carbocycles. The Hall–Kier alpha value is -0.510. The summed E-state index contributed by atoms with van der Waals surface area (Å²) in [4.78, 5) is 0. The predicted molar refractivity (Wildman–Crippen MR) is 38.5 cm³/mol. The zero-order chi connectivity index (χ0) is 12.8. The number of halogens is 5. The van der Waals surface area contributed by atoms with E-state index in [1.165, 1.54) is 0 Å². The summed E-state index contributed by atoms with van der Waals surface area (Å²) in [5.74, 6) is 0. The van der Waals surface area contributed by atoms with E-state index in [0.717, 1.165) is 0 Å². The lowest BCUT2D eigenvalue weighted by Gasteiger charge is -2.50. The smallest absolute Gasteiger partial charge is 0.393 e. The molecule has 96 valence electrons. The lowest BCUT2D eigenvalue weighted by molar-refractivity contribution is -0.493. The summed E-state index contributed by atoms with van der Waals surface area (Å²) in [7, 11) is 0. The van der Waals surface area contributed by atoms with Crippen molar-refractivity contribution in [2.75, 3.05) is 13.4 Å². The molecule has 1 aliphatic heterocycles. The van der Waals surface area contributed by atoms with Crippen LogP contribution in [0.3, 0.4) is 0 Å². The average molecular weight is 252 g/mol. The molecule has 1 saturated heterocycles. The Morgan fingerprint density at radius 3 is 2.06 bits per heavy atom. The lowest BCUT2D eigenvalue weighted by Crippen LogP contribution is -2.76. The number of aliphatic hydroxyl groups excluding tert-OH is 1. The quantitative estimate of drug-likeness (QED) is 0.672. The second kappa shape index (κ2) is 3.49. The first kappa shape index (κ1) is 13.6. The van der Waals surface area contributed by atoms with Gasteiger partial charge >= 0.3 is 12.3 Å². The Bertz CT molecular complexity index is 280. The van der Waals surface area contributed by atoms with Gasteiger partial charge in [0.05, 0.1) is 6.61 Å². The van der Waals surface area contributed by atoms with E-state index in [1.54, 1.807) is 0 Å². The highest BCUT2D eigenvalue weighted by molar-refractivity contribution is 5.09. The van der Waals surface area contributed by atoms with Crippen molar-refractivity contribution >= 4 is 0 Å². The van der Waals surface area contributed by atoms with Crippen molar-refractivity contribution < 1.29 is 41.6 Å². The first-order valence-corrected chi connectivity index (χ1v) is 4.07. The minimum Gasteiger partial charge on any atom is -0.393 e. The molecule has 1 heterocycles. The normalized spacial score (nSPS) is 39.8. The van der Waals surface area contributed by atoms with Crippen molar-refractivity contribution in [3.05, 3.63) is 0 Å². The summed E-state index contributed by atoms with van der Waals surface area (Å²) >= 11 is 0. The van der Waals surface area contributed by atoms with Gasteiger partial charge in [0.2, 0.25) is 0 Å². The van der Waals surface area contributed by atoms with Gasteiger partial charge in [-0.15, -0.1) is 0 Å². The molecule has 1 aliphatic rings. The van der Waals surface area contributed by atoms with E-state index in [1.807, 2.05) is 0 Å². The summed E-state index contributed by atoms with van der Waals surface area (Å²) < 4.78 is 71.3. The number of alkyl halides is 5. The van der Waals surface area contributed by atoms with Crippen LogP contribution in [0.25, 0.3) is 0 Å². The molecule has 2 atom stereocenters. The Labute approximate surface area is 86.6 Å². The highest BCUT2D eigenvalue weighted by Gasteiger charge is 2.80. The van der Waals surface area contributed by atoms with Crippen molar-refractivity contribution in [3.8, 4) is 0 Å². The van der Waals surface area contributed by atoms with Crippen LogP contribution in [0.2, 0.25) is 0 Å². The Kier molecular flexibility index (Phi) is 2.96. The van der Waals surface area contributed by atoms with Gasteiger partial charge < -0.3 is 14.9 Å². The van der Waals surface area contributed by atoms with Gasteiger partial charge in [-0.05, 0) is 6.92 Å². The molecular formula is C7H9F5O4. The Morgan fingerprint density at radius 2 is 1.75 bits per heavy atom. The monoisotopic (exact) mass is 252 g/mol. The molecule has 4 nitrogen and oxygen atoms in total. The zero-order valence-electron chi connectivity index (χ0n) is 8.01. The van der Waals surface area contributed by atoms with E-state index in [9.17, 15) is 22.0 Å². The fraction of sp³-hybridized carbons (Fsp3) is 1.00. The maximum atomic E-state index is 13.0. The van der Waals surface area contributed by atoms with Gasteiger partial charge in [0.1, 0.15) is 5.60 Å². The van der Waals surface area contributed by atoms with Gasteiger partial charge in [-0.1, -0.05) is 0 Å². The van der Waals surface area contributed by atoms with E-state index < -0.39 is 36.9 Å². The Morgan fingerprint density at radius 1 is 1.25 bits per heavy atom. The summed E-state index contributed by atoms with van der Waals surface area (Å²) in [6, 6.07) is 0. The first-order chi connectivity index (χ1) is 7.02. The molecule has 1 rings (SSSR count). The van der Waals surface area contributed by atoms with Crippen molar-refractivity contribution in [2.45, 2.75) is 30.4 Å². The second-order valence-electron chi connectivity index (χ2n) is 3.52. The van der Waals surface area contributed by atoms with Crippen LogP contribution in [0.4, 0.5) is 22.0 Å². The van der Waals surface area contributed by atoms with Crippen LogP contribution in [0.1, 0.15) is 6.92 Å². The molecule has 0 bridgehead atoms. The molecule has 0 spiro atoms. The fourth-order valence-electron chi connectivity index (χ4n) is 1.38. The van der Waals surface area contributed by atoms with Gasteiger partial charge in [0, 0.05) is 0 Å². The molecular weight excluding hydrogens is 243 g/mol. The van der Waals surface area contributed by atoms with Crippen LogP contribution < -0.4 is 0 Å². The van der Waals surface area contributed by atoms with E-state index in [-0.39, 0.29) is 0 Å². The molecule has 1 fully saturated rings. The number of aliphatic hydroxyl groups is 2. The SMILES string of the molecule is CC1(CO)OCOC(F)(F)C1(O)C(F)(F)F. The minimum atomic E-state index is -5.73. The molecule has 2 N–H and O–H groups in total. The number of hydrogen-bond donors (Lipinski definition) is 2. The molecule has 9 heteroatoms. The lowest BCUT2D eigenvalue weighted by atomic mass is 9.82. The molecule has 0 radical (unpaired) electrons. The van der Waals surface area contributed by atoms with Crippen molar-refractivity contribution in [1.29, 1.82) is 0 Å². The largest absolute Gasteiger partial charge is 0.428 e. The standard InChI is InChI=1S/C7H9F5O4/c1-4(2-13)5(14,6(8,9)10)7(11,12)16-3-15-4/h13-14H,2-3H2,1H3. The topological polar surface area (TPSA) is 58.9 Å². The molecule has 0 aromatic rings. The van der Waals surface area contributed by atoms with Crippen LogP contribution in [-0.2, 0) is 9.47 Å². The summed E-state index contributed by atoms with van der Waals surface area (Å²) in [6.07, 6.45) is -10.6. The average Bonchev–Trinajstić information content (AvgIpc) is 2.12. The molecule has 16 heavy (non-hydrogen) atoms. The van der Waals surface area contributed by atoms with E-state index in [0.29, 0.717) is 6.92 Å². The second-order valence-corrected chi connectivity index (χ2v) is 3.52. The van der Waals surface area contributed by atoms with Crippen molar-refractivity contribution in [1.82, 2.24) is 0 Å². The third kappa shape index (κ3) is 1.50. The first-order valence-electron chi connectivity index (χ1n) is 4.07. The maximum Gasteiger partial charge on any atom is 0.428 e. The zero-order valence-corrected chi connectivity index (χ0v) is 8.01. The van der Waals surface area contributed by atoms with Crippen LogP contribution in [0.5, 0.6) is 0 Å². The highest BCUT2D eigenvalue weighted by Crippen LogP contribution is 2.52. The van der Waals surface area contributed by atoms with Crippen LogP contribution in [0.15, 0.2) is 0 Å². The molecule has 0 aromatic carbocycles. The third-order valence-corrected chi connectivity index (χ3v) is 2.52. The van der Waals surface area contributed by atoms with Crippen LogP contribution >= 0.6 is 0 Å². The van der Waals surface area contributed by atoms with Gasteiger partial charge in [0.25, 0.3) is 5.60 Å². The van der Waals surface area contributed by atoms with Crippen molar-refractivity contribution in [2.24, 2.45) is 0 Å². The van der Waals surface area contributed by atoms with Crippen molar-refractivity contribution in [3.63, 3.8) is 0 Å². The fourth-order valence-corrected chi connectivity index (χ4v) is 1.38. The third-order valence-electron chi connectivity index (χ3n) is 2.52. The summed E-state index contributed by atoms with van der Waals surface area (Å²) in [5.41, 5.74) is -7.51. The van der Waals surface area contributed by atoms with Gasteiger partial charge in [-0.25, -0.2) is 0 Å².